The molecule has 2 aromatic heterocycles. The van der Waals surface area contributed by atoms with Gasteiger partial charge in [-0.2, -0.15) is 5.10 Å². The van der Waals surface area contributed by atoms with Crippen LogP contribution in [0.25, 0.3) is 17.1 Å². The Hall–Kier alpha value is -2.89. The Bertz CT molecular complexity index is 819. The first-order valence-electron chi connectivity index (χ1n) is 7.83. The number of aromatic nitrogens is 2. The second kappa shape index (κ2) is 6.70. The Morgan fingerprint density at radius 1 is 1.21 bits per heavy atom. The van der Waals surface area contributed by atoms with Crippen LogP contribution in [0.2, 0.25) is 0 Å². The predicted molar refractivity (Wildman–Crippen MR) is 88.5 cm³/mol. The first-order valence-corrected chi connectivity index (χ1v) is 7.83. The van der Waals surface area contributed by atoms with E-state index in [1.807, 2.05) is 13.8 Å². The Labute approximate surface area is 139 Å². The van der Waals surface area contributed by atoms with Crippen molar-refractivity contribution < 1.29 is 13.6 Å². The van der Waals surface area contributed by atoms with E-state index in [0.29, 0.717) is 35.9 Å². The summed E-state index contributed by atoms with van der Waals surface area (Å²) in [5.41, 5.74) is 1.58. The average Bonchev–Trinajstić information content (AvgIpc) is 3.26. The number of furan rings is 1. The van der Waals surface area contributed by atoms with Gasteiger partial charge in [0.25, 0.3) is 5.91 Å². The Morgan fingerprint density at radius 3 is 2.50 bits per heavy atom. The summed E-state index contributed by atoms with van der Waals surface area (Å²) in [7, 11) is 0. The van der Waals surface area contributed by atoms with E-state index in [-0.39, 0.29) is 11.7 Å². The Balaban J connectivity index is 2.11. The number of amides is 1. The van der Waals surface area contributed by atoms with Gasteiger partial charge in [0, 0.05) is 19.2 Å². The van der Waals surface area contributed by atoms with Crippen molar-refractivity contribution in [3.63, 3.8) is 0 Å². The molecule has 0 saturated heterocycles. The third-order valence-electron chi connectivity index (χ3n) is 3.82. The molecule has 2 heterocycles. The van der Waals surface area contributed by atoms with Crippen LogP contribution in [-0.2, 0) is 0 Å². The summed E-state index contributed by atoms with van der Waals surface area (Å²) >= 11 is 0. The maximum absolute atomic E-state index is 13.2. The van der Waals surface area contributed by atoms with E-state index in [0.717, 1.165) is 0 Å². The summed E-state index contributed by atoms with van der Waals surface area (Å²) in [5, 5.41) is 4.48. The van der Waals surface area contributed by atoms with E-state index in [1.54, 1.807) is 41.5 Å². The molecule has 124 valence electrons. The Morgan fingerprint density at radius 2 is 1.92 bits per heavy atom. The van der Waals surface area contributed by atoms with Gasteiger partial charge in [-0.1, -0.05) is 0 Å². The number of hydrogen-bond acceptors (Lipinski definition) is 3. The third kappa shape index (κ3) is 2.95. The van der Waals surface area contributed by atoms with Gasteiger partial charge >= 0.3 is 0 Å². The molecule has 1 amide bonds. The second-order valence-corrected chi connectivity index (χ2v) is 5.26. The van der Waals surface area contributed by atoms with Crippen LogP contribution in [0.3, 0.4) is 0 Å². The lowest BCUT2D eigenvalue weighted by Gasteiger charge is -2.19. The fourth-order valence-corrected chi connectivity index (χ4v) is 2.53. The van der Waals surface area contributed by atoms with Crippen molar-refractivity contribution in [3.05, 3.63) is 60.2 Å². The average molecular weight is 327 g/mol. The molecule has 6 heteroatoms. The van der Waals surface area contributed by atoms with E-state index in [1.165, 1.54) is 16.8 Å². The summed E-state index contributed by atoms with van der Waals surface area (Å²) in [6.45, 7) is 5.04. The van der Waals surface area contributed by atoms with Gasteiger partial charge in [-0.15, -0.1) is 0 Å². The highest BCUT2D eigenvalue weighted by Crippen LogP contribution is 2.23. The van der Waals surface area contributed by atoms with Crippen LogP contribution in [0.15, 0.2) is 53.1 Å². The van der Waals surface area contributed by atoms with Crippen molar-refractivity contribution >= 4 is 5.91 Å². The first-order chi connectivity index (χ1) is 11.6. The van der Waals surface area contributed by atoms with Crippen LogP contribution >= 0.6 is 0 Å². The zero-order valence-electron chi connectivity index (χ0n) is 13.6. The normalized spacial score (nSPS) is 10.8. The fraction of sp³-hybridized carbons (Fsp3) is 0.222. The molecule has 0 saturated carbocycles. The summed E-state index contributed by atoms with van der Waals surface area (Å²) in [4.78, 5) is 14.5. The minimum atomic E-state index is -0.339. The number of carbonyl (C=O) groups is 1. The summed E-state index contributed by atoms with van der Waals surface area (Å²) in [6, 6.07) is 11.1. The number of halogens is 1. The van der Waals surface area contributed by atoms with Crippen molar-refractivity contribution in [1.82, 2.24) is 14.7 Å². The second-order valence-electron chi connectivity index (χ2n) is 5.26. The van der Waals surface area contributed by atoms with Crippen molar-refractivity contribution in [3.8, 4) is 17.1 Å². The zero-order valence-corrected chi connectivity index (χ0v) is 13.6. The van der Waals surface area contributed by atoms with Crippen LogP contribution in [0.5, 0.6) is 0 Å². The number of hydrogen-bond donors (Lipinski definition) is 0. The van der Waals surface area contributed by atoms with Crippen molar-refractivity contribution in [1.29, 1.82) is 0 Å². The number of rotatable bonds is 5. The van der Waals surface area contributed by atoms with Gasteiger partial charge in [-0.25, -0.2) is 9.07 Å². The third-order valence-corrected chi connectivity index (χ3v) is 3.82. The molecule has 0 unspecified atom stereocenters. The summed E-state index contributed by atoms with van der Waals surface area (Å²) in [5.74, 6) is 0.105. The molecule has 0 aliphatic heterocycles. The highest BCUT2D eigenvalue weighted by Gasteiger charge is 2.22. The monoisotopic (exact) mass is 327 g/mol. The highest BCUT2D eigenvalue weighted by atomic mass is 19.1. The lowest BCUT2D eigenvalue weighted by Crippen LogP contribution is -2.32. The molecular formula is C18H18FN3O2. The van der Waals surface area contributed by atoms with Crippen LogP contribution in [0.1, 0.15) is 24.3 Å². The molecule has 0 bridgehead atoms. The minimum Gasteiger partial charge on any atom is -0.463 e. The van der Waals surface area contributed by atoms with Gasteiger partial charge in [-0.05, 0) is 50.2 Å². The summed E-state index contributed by atoms with van der Waals surface area (Å²) < 4.78 is 20.1. The van der Waals surface area contributed by atoms with Gasteiger partial charge in [-0.3, -0.25) is 4.79 Å². The molecule has 0 radical (unpaired) electrons. The van der Waals surface area contributed by atoms with Crippen LogP contribution in [0.4, 0.5) is 4.39 Å². The molecule has 0 aliphatic carbocycles. The van der Waals surface area contributed by atoms with E-state index < -0.39 is 0 Å². The maximum Gasteiger partial charge on any atom is 0.272 e. The quantitative estimate of drug-likeness (QED) is 0.717. The molecule has 0 atom stereocenters. The van der Waals surface area contributed by atoms with Gasteiger partial charge in [0.05, 0.1) is 12.0 Å². The lowest BCUT2D eigenvalue weighted by atomic mass is 10.2. The predicted octanol–water partition coefficient (Wildman–Crippen LogP) is 3.75. The molecule has 1 aromatic carbocycles. The lowest BCUT2D eigenvalue weighted by molar-refractivity contribution is 0.0764. The molecular weight excluding hydrogens is 309 g/mol. The first kappa shape index (κ1) is 16.0. The minimum absolute atomic E-state index is 0.130. The molecule has 3 rings (SSSR count). The van der Waals surface area contributed by atoms with Gasteiger partial charge in [0.2, 0.25) is 0 Å². The van der Waals surface area contributed by atoms with Crippen molar-refractivity contribution in [2.45, 2.75) is 13.8 Å². The smallest absolute Gasteiger partial charge is 0.272 e. The van der Waals surface area contributed by atoms with Gasteiger partial charge < -0.3 is 9.32 Å². The summed E-state index contributed by atoms with van der Waals surface area (Å²) in [6.07, 6.45) is 1.55. The zero-order chi connectivity index (χ0) is 17.1. The SMILES string of the molecule is CCN(CC)C(=O)c1cc(-c2ccco2)nn1-c1ccc(F)cc1. The van der Waals surface area contributed by atoms with E-state index in [9.17, 15) is 9.18 Å². The topological polar surface area (TPSA) is 51.3 Å². The molecule has 24 heavy (non-hydrogen) atoms. The van der Waals surface area contributed by atoms with Gasteiger partial charge in [0.15, 0.2) is 5.76 Å². The molecule has 0 spiro atoms. The van der Waals surface area contributed by atoms with Crippen LogP contribution < -0.4 is 0 Å². The fourth-order valence-electron chi connectivity index (χ4n) is 2.53. The molecule has 0 aliphatic rings. The van der Waals surface area contributed by atoms with E-state index >= 15 is 0 Å². The van der Waals surface area contributed by atoms with E-state index in [2.05, 4.69) is 5.10 Å². The molecule has 0 N–H and O–H groups in total. The maximum atomic E-state index is 13.2. The van der Waals surface area contributed by atoms with E-state index in [4.69, 9.17) is 4.42 Å². The van der Waals surface area contributed by atoms with Crippen LogP contribution in [-0.4, -0.2) is 33.7 Å². The molecule has 3 aromatic rings. The number of carbonyl (C=O) groups excluding carboxylic acids is 1. The Kier molecular flexibility index (Phi) is 4.46. The largest absolute Gasteiger partial charge is 0.463 e. The number of benzene rings is 1. The highest BCUT2D eigenvalue weighted by molar-refractivity contribution is 5.94. The van der Waals surface area contributed by atoms with Crippen molar-refractivity contribution in [2.24, 2.45) is 0 Å². The van der Waals surface area contributed by atoms with Crippen molar-refractivity contribution in [2.75, 3.05) is 13.1 Å². The molecule has 0 fully saturated rings. The number of nitrogens with zero attached hydrogens (tertiary/aromatic N) is 3. The standard InChI is InChI=1S/C18H18FN3O2/c1-3-21(4-2)18(23)16-12-15(17-6-5-11-24-17)20-22(16)14-9-7-13(19)8-10-14/h5-12H,3-4H2,1-2H3. The van der Waals surface area contributed by atoms with Gasteiger partial charge in [0.1, 0.15) is 17.2 Å². The molecule has 5 nitrogen and oxygen atoms in total. The van der Waals surface area contributed by atoms with Crippen LogP contribution in [0, 0.1) is 5.82 Å².